The van der Waals surface area contributed by atoms with Crippen LogP contribution in [0.5, 0.6) is 0 Å². The Kier molecular flexibility index (Phi) is 3.52. The van der Waals surface area contributed by atoms with Gasteiger partial charge in [0, 0.05) is 24.9 Å². The van der Waals surface area contributed by atoms with Gasteiger partial charge in [-0.15, -0.1) is 0 Å². The second-order valence-corrected chi connectivity index (χ2v) is 3.83. The van der Waals surface area contributed by atoms with Crippen molar-refractivity contribution in [1.29, 1.82) is 0 Å². The van der Waals surface area contributed by atoms with E-state index < -0.39 is 0 Å². The van der Waals surface area contributed by atoms with Crippen LogP contribution in [-0.2, 0) is 0 Å². The van der Waals surface area contributed by atoms with E-state index in [2.05, 4.69) is 11.2 Å². The van der Waals surface area contributed by atoms with Crippen molar-refractivity contribution in [3.05, 3.63) is 0 Å². The number of nitrogens with zero attached hydrogens (tertiary/aromatic N) is 1. The van der Waals surface area contributed by atoms with Gasteiger partial charge in [-0.05, 0) is 19.2 Å². The van der Waals surface area contributed by atoms with E-state index in [9.17, 15) is 0 Å². The molecule has 1 heterocycles. The summed E-state index contributed by atoms with van der Waals surface area (Å²) < 4.78 is 0. The highest BCUT2D eigenvalue weighted by Gasteiger charge is 2.17. The summed E-state index contributed by atoms with van der Waals surface area (Å²) in [4.78, 5) is 2.45. The van der Waals surface area contributed by atoms with Gasteiger partial charge in [0.05, 0.1) is 0 Å². The van der Waals surface area contributed by atoms with E-state index in [4.69, 9.17) is 5.73 Å². The molecule has 0 unspecified atom stereocenters. The molecule has 2 nitrogen and oxygen atoms in total. The molecule has 0 aromatic carbocycles. The summed E-state index contributed by atoms with van der Waals surface area (Å²) in [6.45, 7) is 3.54. The van der Waals surface area contributed by atoms with Gasteiger partial charge in [-0.2, -0.15) is 11.8 Å². The summed E-state index contributed by atoms with van der Waals surface area (Å²) in [6.07, 6.45) is 3.34. The summed E-state index contributed by atoms with van der Waals surface area (Å²) in [6, 6.07) is 0.446. The van der Waals surface area contributed by atoms with Gasteiger partial charge in [-0.1, -0.05) is 0 Å². The molecule has 1 aliphatic rings. The van der Waals surface area contributed by atoms with Crippen LogP contribution in [0.3, 0.4) is 0 Å². The summed E-state index contributed by atoms with van der Waals surface area (Å²) in [5.41, 5.74) is 5.75. The molecule has 1 rings (SSSR count). The van der Waals surface area contributed by atoms with Crippen molar-refractivity contribution in [3.63, 3.8) is 0 Å². The SMILES string of the molecule is CSCCN1CC[C@H](N)C1. The smallest absolute Gasteiger partial charge is 0.0180 e. The number of hydrogen-bond acceptors (Lipinski definition) is 3. The minimum atomic E-state index is 0.446. The van der Waals surface area contributed by atoms with Crippen LogP contribution in [0.15, 0.2) is 0 Å². The standard InChI is InChI=1S/C7H16N2S/c1-10-5-4-9-3-2-7(8)6-9/h7H,2-6,8H2,1H3/t7-/m0/s1. The molecule has 0 amide bonds. The zero-order valence-corrected chi connectivity index (χ0v) is 7.36. The highest BCUT2D eigenvalue weighted by molar-refractivity contribution is 7.98. The highest BCUT2D eigenvalue weighted by Crippen LogP contribution is 2.06. The molecule has 0 spiro atoms. The van der Waals surface area contributed by atoms with E-state index in [1.165, 1.54) is 25.3 Å². The third-order valence-corrected chi connectivity index (χ3v) is 2.51. The molecule has 2 N–H and O–H groups in total. The van der Waals surface area contributed by atoms with Crippen LogP contribution in [0.2, 0.25) is 0 Å². The number of nitrogens with two attached hydrogens (primary N) is 1. The Morgan fingerprint density at radius 1 is 1.70 bits per heavy atom. The monoisotopic (exact) mass is 160 g/mol. The molecule has 0 saturated carbocycles. The molecule has 1 saturated heterocycles. The van der Waals surface area contributed by atoms with Gasteiger partial charge >= 0.3 is 0 Å². The summed E-state index contributed by atoms with van der Waals surface area (Å²) in [5.74, 6) is 1.24. The number of thioether (sulfide) groups is 1. The number of hydrogen-bond donors (Lipinski definition) is 1. The lowest BCUT2D eigenvalue weighted by molar-refractivity contribution is 0.357. The van der Waals surface area contributed by atoms with Gasteiger partial charge < -0.3 is 10.6 Å². The lowest BCUT2D eigenvalue weighted by Gasteiger charge is -2.13. The first-order chi connectivity index (χ1) is 4.83. The van der Waals surface area contributed by atoms with E-state index in [1.54, 1.807) is 0 Å². The van der Waals surface area contributed by atoms with Crippen molar-refractivity contribution < 1.29 is 0 Å². The third kappa shape index (κ3) is 2.48. The number of rotatable bonds is 3. The second-order valence-electron chi connectivity index (χ2n) is 2.84. The van der Waals surface area contributed by atoms with Crippen molar-refractivity contribution in [3.8, 4) is 0 Å². The molecule has 10 heavy (non-hydrogen) atoms. The zero-order valence-electron chi connectivity index (χ0n) is 6.55. The maximum atomic E-state index is 5.75. The van der Waals surface area contributed by atoms with Crippen molar-refractivity contribution in [2.75, 3.05) is 31.6 Å². The normalized spacial score (nSPS) is 27.6. The van der Waals surface area contributed by atoms with Crippen LogP contribution in [0, 0.1) is 0 Å². The summed E-state index contributed by atoms with van der Waals surface area (Å²) >= 11 is 1.91. The van der Waals surface area contributed by atoms with E-state index >= 15 is 0 Å². The Morgan fingerprint density at radius 2 is 2.50 bits per heavy atom. The van der Waals surface area contributed by atoms with Gasteiger partial charge in [0.2, 0.25) is 0 Å². The van der Waals surface area contributed by atoms with Crippen LogP contribution in [0.1, 0.15) is 6.42 Å². The molecule has 0 radical (unpaired) electrons. The Balaban J connectivity index is 2.06. The fourth-order valence-corrected chi connectivity index (χ4v) is 1.73. The molecule has 60 valence electrons. The van der Waals surface area contributed by atoms with Crippen LogP contribution in [-0.4, -0.2) is 42.6 Å². The third-order valence-electron chi connectivity index (χ3n) is 1.92. The molecular weight excluding hydrogens is 144 g/mol. The first-order valence-electron chi connectivity index (χ1n) is 3.80. The van der Waals surface area contributed by atoms with E-state index in [0.29, 0.717) is 6.04 Å². The summed E-state index contributed by atoms with van der Waals surface area (Å²) in [5, 5.41) is 0. The quantitative estimate of drug-likeness (QED) is 0.647. The lowest BCUT2D eigenvalue weighted by Crippen LogP contribution is -2.28. The second kappa shape index (κ2) is 4.21. The maximum Gasteiger partial charge on any atom is 0.0180 e. The maximum absolute atomic E-state index is 5.75. The lowest BCUT2D eigenvalue weighted by atomic mass is 10.3. The average molecular weight is 160 g/mol. The van der Waals surface area contributed by atoms with Gasteiger partial charge in [0.1, 0.15) is 0 Å². The molecule has 0 bridgehead atoms. The zero-order chi connectivity index (χ0) is 7.40. The predicted octanol–water partition coefficient (Wildman–Crippen LogP) is 0.382. The molecular formula is C7H16N2S. The first-order valence-corrected chi connectivity index (χ1v) is 5.19. The van der Waals surface area contributed by atoms with Crippen molar-refractivity contribution in [2.24, 2.45) is 5.73 Å². The van der Waals surface area contributed by atoms with Crippen molar-refractivity contribution >= 4 is 11.8 Å². The first kappa shape index (κ1) is 8.37. The topological polar surface area (TPSA) is 29.3 Å². The van der Waals surface area contributed by atoms with Crippen LogP contribution in [0.25, 0.3) is 0 Å². The van der Waals surface area contributed by atoms with Crippen molar-refractivity contribution in [2.45, 2.75) is 12.5 Å². The Morgan fingerprint density at radius 3 is 3.00 bits per heavy atom. The molecule has 1 fully saturated rings. The summed E-state index contributed by atoms with van der Waals surface area (Å²) in [7, 11) is 0. The molecule has 0 aromatic rings. The molecule has 0 aromatic heterocycles. The fraction of sp³-hybridized carbons (Fsp3) is 1.00. The van der Waals surface area contributed by atoms with E-state index in [0.717, 1.165) is 6.54 Å². The predicted molar refractivity (Wildman–Crippen MR) is 47.4 cm³/mol. The molecule has 3 heteroatoms. The van der Waals surface area contributed by atoms with Gasteiger partial charge in [0.25, 0.3) is 0 Å². The molecule has 0 aliphatic carbocycles. The van der Waals surface area contributed by atoms with Gasteiger partial charge in [-0.3, -0.25) is 0 Å². The molecule has 1 aliphatic heterocycles. The fourth-order valence-electron chi connectivity index (χ4n) is 1.29. The van der Waals surface area contributed by atoms with Crippen LogP contribution in [0.4, 0.5) is 0 Å². The van der Waals surface area contributed by atoms with Crippen molar-refractivity contribution in [1.82, 2.24) is 4.90 Å². The van der Waals surface area contributed by atoms with Gasteiger partial charge in [-0.25, -0.2) is 0 Å². The highest BCUT2D eigenvalue weighted by atomic mass is 32.2. The minimum absolute atomic E-state index is 0.446. The Labute approximate surface area is 67.1 Å². The largest absolute Gasteiger partial charge is 0.326 e. The Bertz CT molecular complexity index is 97.6. The molecule has 1 atom stereocenters. The number of likely N-dealkylation sites (tertiary alicyclic amines) is 1. The van der Waals surface area contributed by atoms with E-state index in [1.807, 2.05) is 11.8 Å². The van der Waals surface area contributed by atoms with E-state index in [-0.39, 0.29) is 0 Å². The van der Waals surface area contributed by atoms with Crippen LogP contribution >= 0.6 is 11.8 Å². The minimum Gasteiger partial charge on any atom is -0.326 e. The average Bonchev–Trinajstić information content (AvgIpc) is 2.31. The van der Waals surface area contributed by atoms with Crippen LogP contribution < -0.4 is 5.73 Å². The Hall–Kier alpha value is 0.270. The van der Waals surface area contributed by atoms with Gasteiger partial charge in [0.15, 0.2) is 0 Å².